The summed E-state index contributed by atoms with van der Waals surface area (Å²) in [5.74, 6) is 0. The van der Waals surface area contributed by atoms with E-state index in [-0.39, 0.29) is 0 Å². The van der Waals surface area contributed by atoms with Crippen LogP contribution in [0.2, 0.25) is 5.02 Å². The molecule has 1 N–H and O–H groups in total. The molecule has 3 rings (SSSR count). The van der Waals surface area contributed by atoms with Crippen LogP contribution < -0.4 is 5.32 Å². The van der Waals surface area contributed by atoms with Gasteiger partial charge in [0.25, 0.3) is 0 Å². The lowest BCUT2D eigenvalue weighted by Gasteiger charge is -2.20. The zero-order valence-electron chi connectivity index (χ0n) is 12.5. The fraction of sp³-hybridized carbons (Fsp3) is 0.471. The standard InChI is InChI=1S/C17H22ClN3/c1-2-21-9-4-6-15(7-10-21)20-16-12-14(18)11-13-5-3-8-19-17(13)16/h3,5,8,11-12,15,20H,2,4,6-7,9-10H2,1H3. The first-order valence-electron chi connectivity index (χ1n) is 7.79. The summed E-state index contributed by atoms with van der Waals surface area (Å²) in [7, 11) is 0. The Balaban J connectivity index is 1.81. The molecule has 3 nitrogen and oxygen atoms in total. The van der Waals surface area contributed by atoms with Crippen LogP contribution in [0.3, 0.4) is 0 Å². The van der Waals surface area contributed by atoms with E-state index >= 15 is 0 Å². The number of fused-ring (bicyclic) bond motifs is 1. The zero-order valence-corrected chi connectivity index (χ0v) is 13.2. The van der Waals surface area contributed by atoms with Crippen molar-refractivity contribution in [3.05, 3.63) is 35.5 Å². The number of likely N-dealkylation sites (tertiary alicyclic amines) is 1. The van der Waals surface area contributed by atoms with E-state index in [0.29, 0.717) is 6.04 Å². The second-order valence-corrected chi connectivity index (χ2v) is 6.17. The van der Waals surface area contributed by atoms with Crippen LogP contribution in [0.4, 0.5) is 5.69 Å². The number of benzene rings is 1. The summed E-state index contributed by atoms with van der Waals surface area (Å²) in [4.78, 5) is 7.03. The Morgan fingerprint density at radius 2 is 2.24 bits per heavy atom. The van der Waals surface area contributed by atoms with E-state index < -0.39 is 0 Å². The highest BCUT2D eigenvalue weighted by Gasteiger charge is 2.17. The molecule has 0 bridgehead atoms. The molecule has 0 radical (unpaired) electrons. The van der Waals surface area contributed by atoms with Gasteiger partial charge in [0, 0.05) is 29.2 Å². The molecule has 2 heterocycles. The van der Waals surface area contributed by atoms with Crippen molar-refractivity contribution in [2.75, 3.05) is 25.0 Å². The Bertz CT molecular complexity index is 614. The van der Waals surface area contributed by atoms with Crippen molar-refractivity contribution in [3.63, 3.8) is 0 Å². The van der Waals surface area contributed by atoms with E-state index in [9.17, 15) is 0 Å². The van der Waals surface area contributed by atoms with Gasteiger partial charge in [0.1, 0.15) is 0 Å². The van der Waals surface area contributed by atoms with Gasteiger partial charge in [0.2, 0.25) is 0 Å². The second-order valence-electron chi connectivity index (χ2n) is 5.73. The van der Waals surface area contributed by atoms with Gasteiger partial charge in [-0.3, -0.25) is 4.98 Å². The molecule has 21 heavy (non-hydrogen) atoms. The molecule has 2 aromatic rings. The summed E-state index contributed by atoms with van der Waals surface area (Å²) in [6.45, 7) is 5.76. The Morgan fingerprint density at radius 1 is 1.33 bits per heavy atom. The van der Waals surface area contributed by atoms with Crippen LogP contribution in [0.15, 0.2) is 30.5 Å². The molecule has 1 aliphatic heterocycles. The van der Waals surface area contributed by atoms with Gasteiger partial charge >= 0.3 is 0 Å². The van der Waals surface area contributed by atoms with Crippen molar-refractivity contribution in [2.45, 2.75) is 32.2 Å². The van der Waals surface area contributed by atoms with Gasteiger partial charge in [0.05, 0.1) is 11.2 Å². The van der Waals surface area contributed by atoms with Crippen molar-refractivity contribution in [3.8, 4) is 0 Å². The third-order valence-electron chi connectivity index (χ3n) is 4.30. The molecule has 1 aliphatic rings. The SMILES string of the molecule is CCN1CCCC(Nc2cc(Cl)cc3cccnc23)CC1. The maximum Gasteiger partial charge on any atom is 0.0934 e. The van der Waals surface area contributed by atoms with E-state index in [1.54, 1.807) is 0 Å². The van der Waals surface area contributed by atoms with E-state index in [1.807, 2.05) is 24.4 Å². The number of aromatic nitrogens is 1. The summed E-state index contributed by atoms with van der Waals surface area (Å²) >= 11 is 6.24. The highest BCUT2D eigenvalue weighted by Crippen LogP contribution is 2.28. The minimum Gasteiger partial charge on any atom is -0.380 e. The second kappa shape index (κ2) is 6.63. The molecular weight excluding hydrogens is 282 g/mol. The third kappa shape index (κ3) is 3.47. The van der Waals surface area contributed by atoms with Gasteiger partial charge in [-0.1, -0.05) is 24.6 Å². The van der Waals surface area contributed by atoms with Crippen molar-refractivity contribution < 1.29 is 0 Å². The number of hydrogen-bond donors (Lipinski definition) is 1. The van der Waals surface area contributed by atoms with Gasteiger partial charge < -0.3 is 10.2 Å². The first-order chi connectivity index (χ1) is 10.3. The largest absolute Gasteiger partial charge is 0.380 e. The lowest BCUT2D eigenvalue weighted by molar-refractivity contribution is 0.300. The molecule has 0 amide bonds. The zero-order chi connectivity index (χ0) is 14.7. The number of pyridine rings is 1. The molecule has 1 atom stereocenters. The Morgan fingerprint density at radius 3 is 3.10 bits per heavy atom. The first kappa shape index (κ1) is 14.6. The monoisotopic (exact) mass is 303 g/mol. The predicted octanol–water partition coefficient (Wildman–Crippen LogP) is 4.17. The molecule has 0 aliphatic carbocycles. The van der Waals surface area contributed by atoms with Gasteiger partial charge in [-0.2, -0.15) is 0 Å². The van der Waals surface area contributed by atoms with Gasteiger partial charge in [-0.25, -0.2) is 0 Å². The van der Waals surface area contributed by atoms with Crippen molar-refractivity contribution >= 4 is 28.2 Å². The van der Waals surface area contributed by atoms with Crippen LogP contribution in [0.25, 0.3) is 10.9 Å². The molecule has 1 fully saturated rings. The van der Waals surface area contributed by atoms with Crippen LogP contribution in [0.1, 0.15) is 26.2 Å². The molecule has 0 spiro atoms. The van der Waals surface area contributed by atoms with E-state index in [2.05, 4.69) is 28.2 Å². The summed E-state index contributed by atoms with van der Waals surface area (Å²) < 4.78 is 0. The Kier molecular flexibility index (Phi) is 4.61. The summed E-state index contributed by atoms with van der Waals surface area (Å²) in [6.07, 6.45) is 5.47. The van der Waals surface area contributed by atoms with Crippen LogP contribution >= 0.6 is 11.6 Å². The highest BCUT2D eigenvalue weighted by molar-refractivity contribution is 6.31. The maximum absolute atomic E-state index is 6.24. The minimum absolute atomic E-state index is 0.505. The van der Waals surface area contributed by atoms with E-state index in [0.717, 1.165) is 28.2 Å². The van der Waals surface area contributed by atoms with Gasteiger partial charge in [0.15, 0.2) is 0 Å². The molecule has 4 heteroatoms. The molecule has 1 unspecified atom stereocenters. The normalized spacial score (nSPS) is 20.4. The quantitative estimate of drug-likeness (QED) is 0.922. The number of nitrogens with one attached hydrogen (secondary N) is 1. The third-order valence-corrected chi connectivity index (χ3v) is 4.52. The van der Waals surface area contributed by atoms with Crippen molar-refractivity contribution in [1.29, 1.82) is 0 Å². The van der Waals surface area contributed by atoms with Crippen molar-refractivity contribution in [2.24, 2.45) is 0 Å². The molecular formula is C17H22ClN3. The van der Waals surface area contributed by atoms with Gasteiger partial charge in [-0.05, 0) is 50.6 Å². The maximum atomic E-state index is 6.24. The average molecular weight is 304 g/mol. The number of hydrogen-bond acceptors (Lipinski definition) is 3. The van der Waals surface area contributed by atoms with E-state index in [4.69, 9.17) is 11.6 Å². The van der Waals surface area contributed by atoms with Crippen LogP contribution in [0.5, 0.6) is 0 Å². The summed E-state index contributed by atoms with van der Waals surface area (Å²) in [5, 5.41) is 5.54. The van der Waals surface area contributed by atoms with Crippen LogP contribution in [-0.2, 0) is 0 Å². The topological polar surface area (TPSA) is 28.2 Å². The highest BCUT2D eigenvalue weighted by atomic mass is 35.5. The smallest absolute Gasteiger partial charge is 0.0934 e. The molecule has 1 aromatic heterocycles. The Hall–Kier alpha value is -1.32. The predicted molar refractivity (Wildman–Crippen MR) is 90.1 cm³/mol. The summed E-state index contributed by atoms with van der Waals surface area (Å²) in [5.41, 5.74) is 2.08. The first-order valence-corrected chi connectivity index (χ1v) is 8.17. The van der Waals surface area contributed by atoms with Gasteiger partial charge in [-0.15, -0.1) is 0 Å². The fourth-order valence-electron chi connectivity index (χ4n) is 3.10. The number of anilines is 1. The molecule has 0 saturated carbocycles. The van der Waals surface area contributed by atoms with Crippen LogP contribution in [0, 0.1) is 0 Å². The number of rotatable bonds is 3. The number of nitrogens with zero attached hydrogens (tertiary/aromatic N) is 2. The lowest BCUT2D eigenvalue weighted by atomic mass is 10.1. The average Bonchev–Trinajstić information content (AvgIpc) is 2.72. The lowest BCUT2D eigenvalue weighted by Crippen LogP contribution is -2.26. The van der Waals surface area contributed by atoms with Crippen molar-refractivity contribution in [1.82, 2.24) is 9.88 Å². The van der Waals surface area contributed by atoms with Crippen LogP contribution in [-0.4, -0.2) is 35.6 Å². The molecule has 1 saturated heterocycles. The number of halogens is 1. The molecule has 112 valence electrons. The Labute approximate surface area is 131 Å². The summed E-state index contributed by atoms with van der Waals surface area (Å²) in [6, 6.07) is 8.49. The molecule has 1 aromatic carbocycles. The van der Waals surface area contributed by atoms with E-state index in [1.165, 1.54) is 32.4 Å². The minimum atomic E-state index is 0.505. The fourth-order valence-corrected chi connectivity index (χ4v) is 3.33.